The average molecular weight is 209 g/mol. The predicted octanol–water partition coefficient (Wildman–Crippen LogP) is 1.74. The summed E-state index contributed by atoms with van der Waals surface area (Å²) in [6.07, 6.45) is 3.94. The minimum Gasteiger partial charge on any atom is -0.313 e. The summed E-state index contributed by atoms with van der Waals surface area (Å²) in [5, 5.41) is 8.93. The summed E-state index contributed by atoms with van der Waals surface area (Å²) in [5.41, 5.74) is 5.34. The van der Waals surface area contributed by atoms with E-state index in [0.29, 0.717) is 0 Å². The van der Waals surface area contributed by atoms with Gasteiger partial charge >= 0.3 is 0 Å². The SMILES string of the molecule is CCC(N)(C#N)CCCN1CCC(C)C1. The van der Waals surface area contributed by atoms with Gasteiger partial charge in [0, 0.05) is 6.54 Å². The average Bonchev–Trinajstić information content (AvgIpc) is 2.64. The number of nitrogens with zero attached hydrogens (tertiary/aromatic N) is 2. The van der Waals surface area contributed by atoms with Gasteiger partial charge in [-0.2, -0.15) is 5.26 Å². The van der Waals surface area contributed by atoms with E-state index < -0.39 is 5.54 Å². The molecule has 0 aromatic rings. The Hall–Kier alpha value is -0.590. The van der Waals surface area contributed by atoms with Crippen molar-refractivity contribution in [2.45, 2.75) is 45.1 Å². The van der Waals surface area contributed by atoms with Gasteiger partial charge in [0.15, 0.2) is 0 Å². The molecule has 2 N–H and O–H groups in total. The second-order valence-electron chi connectivity index (χ2n) is 4.92. The van der Waals surface area contributed by atoms with Crippen molar-refractivity contribution in [2.75, 3.05) is 19.6 Å². The maximum absolute atomic E-state index is 8.93. The number of likely N-dealkylation sites (tertiary alicyclic amines) is 1. The van der Waals surface area contributed by atoms with Crippen molar-refractivity contribution in [1.82, 2.24) is 4.90 Å². The zero-order chi connectivity index (χ0) is 11.3. The Bertz CT molecular complexity index is 234. The zero-order valence-electron chi connectivity index (χ0n) is 10.00. The smallest absolute Gasteiger partial charge is 0.104 e. The molecule has 3 heteroatoms. The fourth-order valence-corrected chi connectivity index (χ4v) is 2.16. The minimum absolute atomic E-state index is 0.592. The number of rotatable bonds is 5. The fraction of sp³-hybridized carbons (Fsp3) is 0.917. The Morgan fingerprint density at radius 2 is 2.33 bits per heavy atom. The summed E-state index contributed by atoms with van der Waals surface area (Å²) >= 11 is 0. The molecule has 1 aliphatic rings. The molecule has 0 amide bonds. The van der Waals surface area contributed by atoms with Gasteiger partial charge in [0.05, 0.1) is 6.07 Å². The first-order valence-electron chi connectivity index (χ1n) is 6.02. The fourth-order valence-electron chi connectivity index (χ4n) is 2.16. The van der Waals surface area contributed by atoms with Gasteiger partial charge < -0.3 is 10.6 Å². The van der Waals surface area contributed by atoms with Crippen LogP contribution in [0.25, 0.3) is 0 Å². The van der Waals surface area contributed by atoms with Crippen molar-refractivity contribution in [3.05, 3.63) is 0 Å². The van der Waals surface area contributed by atoms with E-state index in [4.69, 9.17) is 11.0 Å². The van der Waals surface area contributed by atoms with Crippen LogP contribution in [-0.4, -0.2) is 30.1 Å². The molecule has 0 aliphatic carbocycles. The van der Waals surface area contributed by atoms with Gasteiger partial charge in [0.1, 0.15) is 5.54 Å². The highest BCUT2D eigenvalue weighted by Gasteiger charge is 2.23. The highest BCUT2D eigenvalue weighted by molar-refractivity contribution is 5.03. The summed E-state index contributed by atoms with van der Waals surface area (Å²) in [4.78, 5) is 2.48. The van der Waals surface area contributed by atoms with Gasteiger partial charge in [-0.1, -0.05) is 13.8 Å². The third-order valence-corrected chi connectivity index (χ3v) is 3.46. The lowest BCUT2D eigenvalue weighted by Crippen LogP contribution is -2.38. The largest absolute Gasteiger partial charge is 0.313 e. The van der Waals surface area contributed by atoms with E-state index in [-0.39, 0.29) is 0 Å². The first-order valence-corrected chi connectivity index (χ1v) is 6.02. The Labute approximate surface area is 93.2 Å². The molecule has 0 bridgehead atoms. The molecule has 0 spiro atoms. The predicted molar refractivity (Wildman–Crippen MR) is 62.3 cm³/mol. The summed E-state index contributed by atoms with van der Waals surface area (Å²) in [7, 11) is 0. The van der Waals surface area contributed by atoms with Crippen molar-refractivity contribution >= 4 is 0 Å². The highest BCUT2D eigenvalue weighted by Crippen LogP contribution is 2.18. The molecular formula is C12H23N3. The molecule has 1 fully saturated rings. The number of hydrogen-bond acceptors (Lipinski definition) is 3. The molecule has 3 nitrogen and oxygen atoms in total. The Kier molecular flexibility index (Phi) is 4.56. The number of hydrogen-bond donors (Lipinski definition) is 1. The second-order valence-corrected chi connectivity index (χ2v) is 4.92. The maximum Gasteiger partial charge on any atom is 0.104 e. The van der Waals surface area contributed by atoms with Crippen LogP contribution < -0.4 is 5.73 Å². The van der Waals surface area contributed by atoms with Gasteiger partial charge in [-0.05, 0) is 44.7 Å². The van der Waals surface area contributed by atoms with Crippen LogP contribution in [0.3, 0.4) is 0 Å². The maximum atomic E-state index is 8.93. The summed E-state index contributed by atoms with van der Waals surface area (Å²) in [6, 6.07) is 2.22. The lowest BCUT2D eigenvalue weighted by molar-refractivity contribution is 0.306. The topological polar surface area (TPSA) is 53.1 Å². The minimum atomic E-state index is -0.592. The van der Waals surface area contributed by atoms with Crippen molar-refractivity contribution < 1.29 is 0 Å². The van der Waals surface area contributed by atoms with Crippen molar-refractivity contribution in [1.29, 1.82) is 5.26 Å². The molecule has 1 rings (SSSR count). The molecule has 1 heterocycles. The monoisotopic (exact) mass is 209 g/mol. The van der Waals surface area contributed by atoms with E-state index in [1.165, 1.54) is 19.5 Å². The normalized spacial score (nSPS) is 26.1. The van der Waals surface area contributed by atoms with E-state index in [1.807, 2.05) is 6.92 Å². The third-order valence-electron chi connectivity index (χ3n) is 3.46. The summed E-state index contributed by atoms with van der Waals surface area (Å²) < 4.78 is 0. The lowest BCUT2D eigenvalue weighted by atomic mass is 9.93. The van der Waals surface area contributed by atoms with Crippen molar-refractivity contribution in [3.8, 4) is 6.07 Å². The second kappa shape index (κ2) is 5.48. The van der Waals surface area contributed by atoms with Crippen LogP contribution in [0.5, 0.6) is 0 Å². The standard InChI is InChI=1S/C12H23N3/c1-3-12(14,10-13)6-4-7-15-8-5-11(2)9-15/h11H,3-9,14H2,1-2H3. The van der Waals surface area contributed by atoms with Crippen molar-refractivity contribution in [3.63, 3.8) is 0 Å². The van der Waals surface area contributed by atoms with Crippen LogP contribution in [-0.2, 0) is 0 Å². The third kappa shape index (κ3) is 3.81. The Balaban J connectivity index is 2.19. The van der Waals surface area contributed by atoms with Crippen LogP contribution in [0.15, 0.2) is 0 Å². The molecule has 86 valence electrons. The van der Waals surface area contributed by atoms with Gasteiger partial charge in [-0.3, -0.25) is 0 Å². The summed E-state index contributed by atoms with van der Waals surface area (Å²) in [5.74, 6) is 0.842. The number of nitrogens with two attached hydrogens (primary N) is 1. The lowest BCUT2D eigenvalue weighted by Gasteiger charge is -2.21. The van der Waals surface area contributed by atoms with Gasteiger partial charge in [0.2, 0.25) is 0 Å². The van der Waals surface area contributed by atoms with Crippen LogP contribution in [0.1, 0.15) is 39.5 Å². The van der Waals surface area contributed by atoms with Crippen LogP contribution in [0.4, 0.5) is 0 Å². The molecule has 2 atom stereocenters. The molecule has 1 saturated heterocycles. The molecule has 2 unspecified atom stereocenters. The quantitative estimate of drug-likeness (QED) is 0.750. The Morgan fingerprint density at radius 3 is 2.80 bits per heavy atom. The van der Waals surface area contributed by atoms with Gasteiger partial charge in [0.25, 0.3) is 0 Å². The van der Waals surface area contributed by atoms with Crippen LogP contribution >= 0.6 is 0 Å². The van der Waals surface area contributed by atoms with Crippen molar-refractivity contribution in [2.24, 2.45) is 11.7 Å². The summed E-state index contributed by atoms with van der Waals surface area (Å²) in [6.45, 7) is 7.83. The first kappa shape index (κ1) is 12.5. The van der Waals surface area contributed by atoms with E-state index >= 15 is 0 Å². The highest BCUT2D eigenvalue weighted by atomic mass is 15.1. The molecule has 0 aromatic heterocycles. The van der Waals surface area contributed by atoms with E-state index in [0.717, 1.165) is 31.7 Å². The molecule has 0 saturated carbocycles. The van der Waals surface area contributed by atoms with Gasteiger partial charge in [-0.25, -0.2) is 0 Å². The molecule has 0 radical (unpaired) electrons. The van der Waals surface area contributed by atoms with Crippen LogP contribution in [0, 0.1) is 17.2 Å². The number of nitriles is 1. The molecular weight excluding hydrogens is 186 g/mol. The van der Waals surface area contributed by atoms with E-state index in [2.05, 4.69) is 17.9 Å². The molecule has 0 aromatic carbocycles. The molecule has 15 heavy (non-hydrogen) atoms. The van der Waals surface area contributed by atoms with E-state index in [9.17, 15) is 0 Å². The van der Waals surface area contributed by atoms with Crippen LogP contribution in [0.2, 0.25) is 0 Å². The first-order chi connectivity index (χ1) is 7.09. The Morgan fingerprint density at radius 1 is 1.60 bits per heavy atom. The zero-order valence-corrected chi connectivity index (χ0v) is 10.00. The van der Waals surface area contributed by atoms with Gasteiger partial charge in [-0.15, -0.1) is 0 Å². The molecule has 1 aliphatic heterocycles. The van der Waals surface area contributed by atoms with E-state index in [1.54, 1.807) is 0 Å².